The van der Waals surface area contributed by atoms with E-state index in [9.17, 15) is 13.2 Å². The van der Waals surface area contributed by atoms with Crippen molar-refractivity contribution in [2.45, 2.75) is 44.8 Å². The molecule has 0 amide bonds. The Morgan fingerprint density at radius 3 is 2.68 bits per heavy atom. The number of halogens is 3. The van der Waals surface area contributed by atoms with Crippen molar-refractivity contribution in [2.24, 2.45) is 5.92 Å². The summed E-state index contributed by atoms with van der Waals surface area (Å²) in [5.41, 5.74) is 0.123. The van der Waals surface area contributed by atoms with Crippen molar-refractivity contribution in [3.63, 3.8) is 0 Å². The van der Waals surface area contributed by atoms with E-state index in [0.29, 0.717) is 5.56 Å². The van der Waals surface area contributed by atoms with E-state index in [1.165, 1.54) is 31.4 Å². The number of alkyl halides is 3. The highest BCUT2D eigenvalue weighted by Crippen LogP contribution is 2.33. The molecule has 106 valence electrons. The fraction of sp³-hybridized carbons (Fsp3) is 0.600. The summed E-state index contributed by atoms with van der Waals surface area (Å²) in [6.07, 6.45) is 0.782. The topological polar surface area (TPSA) is 12.0 Å². The van der Waals surface area contributed by atoms with Crippen molar-refractivity contribution in [1.82, 2.24) is 5.32 Å². The molecule has 4 heteroatoms. The smallest absolute Gasteiger partial charge is 0.310 e. The van der Waals surface area contributed by atoms with E-state index in [4.69, 9.17) is 0 Å². The molecule has 1 N–H and O–H groups in total. The minimum Gasteiger partial charge on any atom is -0.310 e. The molecule has 19 heavy (non-hydrogen) atoms. The van der Waals surface area contributed by atoms with Crippen LogP contribution in [0.25, 0.3) is 0 Å². The summed E-state index contributed by atoms with van der Waals surface area (Å²) >= 11 is 0. The van der Waals surface area contributed by atoms with Gasteiger partial charge in [-0.15, -0.1) is 0 Å². The second-order valence-electron chi connectivity index (χ2n) is 5.38. The highest BCUT2D eigenvalue weighted by Gasteiger charge is 2.30. The lowest BCUT2D eigenvalue weighted by molar-refractivity contribution is -0.137. The first-order valence-electron chi connectivity index (χ1n) is 6.87. The van der Waals surface area contributed by atoms with Gasteiger partial charge in [0.2, 0.25) is 0 Å². The summed E-state index contributed by atoms with van der Waals surface area (Å²) in [5.74, 6) is 0.908. The van der Waals surface area contributed by atoms with Crippen LogP contribution in [-0.4, -0.2) is 6.54 Å². The summed E-state index contributed by atoms with van der Waals surface area (Å²) in [7, 11) is 0. The van der Waals surface area contributed by atoms with Crippen molar-refractivity contribution in [2.75, 3.05) is 6.54 Å². The van der Waals surface area contributed by atoms with Gasteiger partial charge in [0.05, 0.1) is 5.56 Å². The van der Waals surface area contributed by atoms with E-state index in [1.807, 2.05) is 6.92 Å². The monoisotopic (exact) mass is 271 g/mol. The van der Waals surface area contributed by atoms with Gasteiger partial charge in [-0.3, -0.25) is 0 Å². The van der Waals surface area contributed by atoms with Crippen LogP contribution in [0.4, 0.5) is 13.2 Å². The highest BCUT2D eigenvalue weighted by atomic mass is 19.4. The molecule has 0 aromatic heterocycles. The van der Waals surface area contributed by atoms with Gasteiger partial charge in [0.15, 0.2) is 0 Å². The van der Waals surface area contributed by atoms with E-state index in [-0.39, 0.29) is 6.04 Å². The second-order valence-corrected chi connectivity index (χ2v) is 5.38. The molecule has 0 spiro atoms. The standard InChI is InChI=1S/C15H20F3N/c1-11(19-9-3-4-12-7-8-12)13-5-2-6-14(10-13)15(16,17)18/h2,5-6,10-12,19H,3-4,7-9H2,1H3. The summed E-state index contributed by atoms with van der Waals surface area (Å²) in [5, 5.41) is 3.29. The van der Waals surface area contributed by atoms with Gasteiger partial charge in [-0.25, -0.2) is 0 Å². The molecule has 0 bridgehead atoms. The molecular weight excluding hydrogens is 251 g/mol. The van der Waals surface area contributed by atoms with Crippen LogP contribution in [0.5, 0.6) is 0 Å². The number of rotatable bonds is 6. The van der Waals surface area contributed by atoms with Crippen LogP contribution in [0.15, 0.2) is 24.3 Å². The molecule has 0 saturated heterocycles. The van der Waals surface area contributed by atoms with Crippen LogP contribution in [0.1, 0.15) is 49.8 Å². The van der Waals surface area contributed by atoms with Crippen molar-refractivity contribution in [3.8, 4) is 0 Å². The lowest BCUT2D eigenvalue weighted by Gasteiger charge is -2.16. The van der Waals surface area contributed by atoms with E-state index in [2.05, 4.69) is 5.32 Å². The molecule has 1 saturated carbocycles. The Morgan fingerprint density at radius 1 is 1.32 bits per heavy atom. The molecular formula is C15H20F3N. The van der Waals surface area contributed by atoms with Crippen LogP contribution in [-0.2, 0) is 6.18 Å². The zero-order valence-electron chi connectivity index (χ0n) is 11.1. The van der Waals surface area contributed by atoms with Crippen molar-refractivity contribution >= 4 is 0 Å². The van der Waals surface area contributed by atoms with E-state index in [0.717, 1.165) is 24.9 Å². The molecule has 0 heterocycles. The number of hydrogen-bond donors (Lipinski definition) is 1. The molecule has 1 aliphatic carbocycles. The zero-order chi connectivity index (χ0) is 13.9. The maximum atomic E-state index is 12.6. The molecule has 0 aliphatic heterocycles. The Kier molecular flexibility index (Phi) is 4.50. The highest BCUT2D eigenvalue weighted by molar-refractivity contribution is 5.27. The predicted octanol–water partition coefficient (Wildman–Crippen LogP) is 4.55. The third-order valence-electron chi connectivity index (χ3n) is 3.65. The van der Waals surface area contributed by atoms with Gasteiger partial charge < -0.3 is 5.32 Å². The van der Waals surface area contributed by atoms with E-state index in [1.54, 1.807) is 6.07 Å². The van der Waals surface area contributed by atoms with Crippen LogP contribution in [0.2, 0.25) is 0 Å². The maximum absolute atomic E-state index is 12.6. The van der Waals surface area contributed by atoms with Crippen molar-refractivity contribution in [1.29, 1.82) is 0 Å². The summed E-state index contributed by atoms with van der Waals surface area (Å²) in [6, 6.07) is 5.53. The first-order chi connectivity index (χ1) is 8.97. The molecule has 1 atom stereocenters. The summed E-state index contributed by atoms with van der Waals surface area (Å²) in [6.45, 7) is 2.78. The Morgan fingerprint density at radius 2 is 2.05 bits per heavy atom. The molecule has 1 fully saturated rings. The minimum atomic E-state index is -4.26. The van der Waals surface area contributed by atoms with Gasteiger partial charge in [0.25, 0.3) is 0 Å². The van der Waals surface area contributed by atoms with Crippen molar-refractivity contribution < 1.29 is 13.2 Å². The quantitative estimate of drug-likeness (QED) is 0.749. The average Bonchev–Trinajstić information content (AvgIpc) is 3.17. The number of hydrogen-bond acceptors (Lipinski definition) is 1. The lowest BCUT2D eigenvalue weighted by Crippen LogP contribution is -2.20. The maximum Gasteiger partial charge on any atom is 0.416 e. The number of benzene rings is 1. The van der Waals surface area contributed by atoms with Gasteiger partial charge in [0.1, 0.15) is 0 Å². The normalized spacial score (nSPS) is 17.5. The zero-order valence-corrected chi connectivity index (χ0v) is 11.1. The van der Waals surface area contributed by atoms with Crippen LogP contribution in [0, 0.1) is 5.92 Å². The molecule has 1 unspecified atom stereocenters. The Labute approximate surface area is 112 Å². The molecule has 1 nitrogen and oxygen atoms in total. The van der Waals surface area contributed by atoms with Gasteiger partial charge in [-0.2, -0.15) is 13.2 Å². The largest absolute Gasteiger partial charge is 0.416 e. The second kappa shape index (κ2) is 5.95. The Balaban J connectivity index is 1.85. The van der Waals surface area contributed by atoms with Crippen LogP contribution >= 0.6 is 0 Å². The third-order valence-corrected chi connectivity index (χ3v) is 3.65. The summed E-state index contributed by atoms with van der Waals surface area (Å²) < 4.78 is 37.8. The number of nitrogens with one attached hydrogen (secondary N) is 1. The first-order valence-corrected chi connectivity index (χ1v) is 6.87. The summed E-state index contributed by atoms with van der Waals surface area (Å²) in [4.78, 5) is 0. The Bertz CT molecular complexity index is 410. The van der Waals surface area contributed by atoms with Gasteiger partial charge in [-0.05, 0) is 49.9 Å². The molecule has 2 rings (SSSR count). The lowest BCUT2D eigenvalue weighted by atomic mass is 10.0. The molecule has 0 radical (unpaired) electrons. The van der Waals surface area contributed by atoms with Gasteiger partial charge >= 0.3 is 6.18 Å². The van der Waals surface area contributed by atoms with Gasteiger partial charge in [0, 0.05) is 6.04 Å². The van der Waals surface area contributed by atoms with Crippen LogP contribution in [0.3, 0.4) is 0 Å². The molecule has 1 aliphatic rings. The first kappa shape index (κ1) is 14.4. The van der Waals surface area contributed by atoms with Crippen molar-refractivity contribution in [3.05, 3.63) is 35.4 Å². The van der Waals surface area contributed by atoms with Crippen LogP contribution < -0.4 is 5.32 Å². The fourth-order valence-corrected chi connectivity index (χ4v) is 2.22. The fourth-order valence-electron chi connectivity index (χ4n) is 2.22. The molecule has 1 aromatic rings. The van der Waals surface area contributed by atoms with Gasteiger partial charge in [-0.1, -0.05) is 25.0 Å². The average molecular weight is 271 g/mol. The Hall–Kier alpha value is -1.03. The predicted molar refractivity (Wildman–Crippen MR) is 69.8 cm³/mol. The van der Waals surface area contributed by atoms with E-state index < -0.39 is 11.7 Å². The SMILES string of the molecule is CC(NCCCC1CC1)c1cccc(C(F)(F)F)c1. The minimum absolute atomic E-state index is 0.0403. The van der Waals surface area contributed by atoms with E-state index >= 15 is 0 Å². The third kappa shape index (κ3) is 4.53. The molecule has 1 aromatic carbocycles.